The maximum Gasteiger partial charge on any atom is 0.329 e. The third-order valence-electron chi connectivity index (χ3n) is 4.71. The third kappa shape index (κ3) is 2.75. The van der Waals surface area contributed by atoms with E-state index in [0.717, 1.165) is 9.46 Å². The molecular weight excluding hydrogens is 360 g/mol. The fourth-order valence-corrected chi connectivity index (χ4v) is 3.62. The molecule has 0 spiro atoms. The van der Waals surface area contributed by atoms with Crippen LogP contribution in [-0.4, -0.2) is 12.7 Å². The van der Waals surface area contributed by atoms with E-state index < -0.39 is 5.79 Å². The minimum Gasteiger partial charge on any atom is -0.618 e. The molecule has 1 aliphatic heterocycles. The van der Waals surface area contributed by atoms with Gasteiger partial charge in [0.15, 0.2) is 0 Å². The molecule has 0 fully saturated rings. The van der Waals surface area contributed by atoms with Crippen molar-refractivity contribution >= 4 is 11.0 Å². The quantitative estimate of drug-likeness (QED) is 0.501. The molecule has 1 atom stereocenters. The van der Waals surface area contributed by atoms with Crippen molar-refractivity contribution in [3.8, 4) is 5.75 Å². The number of para-hydroxylation sites is 2. The second-order valence-electron chi connectivity index (χ2n) is 6.90. The molecule has 4 rings (SSSR count). The molecule has 0 amide bonds. The van der Waals surface area contributed by atoms with Crippen molar-refractivity contribution in [3.05, 3.63) is 75.9 Å². The maximum absolute atomic E-state index is 13.3. The monoisotopic (exact) mass is 382 g/mol. The fourth-order valence-electron chi connectivity index (χ4n) is 3.62. The molecule has 3 aromatic rings. The fraction of sp³-hybridized carbons (Fsp3) is 0.333. The number of fused-ring (bicyclic) bond motifs is 2. The van der Waals surface area contributed by atoms with E-state index in [9.17, 15) is 10.4 Å². The molecule has 2 aromatic carbocycles. The van der Waals surface area contributed by atoms with Crippen LogP contribution in [0.25, 0.3) is 11.0 Å². The zero-order chi connectivity index (χ0) is 19.9. The number of aromatic nitrogens is 2. The molecule has 7 heteroatoms. The molecule has 1 aromatic heterocycles. The Labute approximate surface area is 162 Å². The predicted molar refractivity (Wildman–Crippen MR) is 101 cm³/mol. The topological polar surface area (TPSA) is 81.6 Å². The van der Waals surface area contributed by atoms with Gasteiger partial charge >= 0.3 is 5.69 Å². The van der Waals surface area contributed by atoms with Gasteiger partial charge in [-0.15, -0.1) is 0 Å². The number of rotatable bonds is 5. The van der Waals surface area contributed by atoms with Crippen LogP contribution in [0.2, 0.25) is 0 Å². The summed E-state index contributed by atoms with van der Waals surface area (Å²) >= 11 is 0. The third-order valence-corrected chi connectivity index (χ3v) is 4.71. The molecule has 28 heavy (non-hydrogen) atoms. The van der Waals surface area contributed by atoms with E-state index in [1.54, 1.807) is 48.5 Å². The van der Waals surface area contributed by atoms with Crippen LogP contribution in [0.1, 0.15) is 37.7 Å². The van der Waals surface area contributed by atoms with Gasteiger partial charge < -0.3 is 24.6 Å². The summed E-state index contributed by atoms with van der Waals surface area (Å²) in [6.45, 7) is 6.16. The van der Waals surface area contributed by atoms with Crippen LogP contribution >= 0.6 is 0 Å². The van der Waals surface area contributed by atoms with Gasteiger partial charge in [0, 0.05) is 17.7 Å². The number of benzene rings is 2. The van der Waals surface area contributed by atoms with Crippen LogP contribution in [0, 0.1) is 10.4 Å². The van der Waals surface area contributed by atoms with Crippen molar-refractivity contribution in [1.29, 1.82) is 0 Å². The van der Waals surface area contributed by atoms with Gasteiger partial charge in [-0.25, -0.2) is 0 Å². The van der Waals surface area contributed by atoms with E-state index in [2.05, 4.69) is 0 Å². The Kier molecular flexibility index (Phi) is 4.56. The highest BCUT2D eigenvalue weighted by atomic mass is 16.7. The van der Waals surface area contributed by atoms with E-state index in [1.807, 2.05) is 20.8 Å². The first-order chi connectivity index (χ1) is 13.5. The first kappa shape index (κ1) is 18.5. The van der Waals surface area contributed by atoms with Gasteiger partial charge in [-0.2, -0.15) is 9.46 Å². The van der Waals surface area contributed by atoms with Gasteiger partial charge in [-0.3, -0.25) is 0 Å². The molecule has 146 valence electrons. The lowest BCUT2D eigenvalue weighted by atomic mass is 10.0. The van der Waals surface area contributed by atoms with Gasteiger partial charge in [0.2, 0.25) is 0 Å². The molecule has 1 aliphatic rings. The Morgan fingerprint density at radius 1 is 1.04 bits per heavy atom. The minimum absolute atomic E-state index is 0.0220. The summed E-state index contributed by atoms with van der Waals surface area (Å²) in [5, 5.41) is 26.2. The Bertz CT molecular complexity index is 1020. The van der Waals surface area contributed by atoms with Crippen LogP contribution in [0.3, 0.4) is 0 Å². The Morgan fingerprint density at radius 3 is 2.29 bits per heavy atom. The Hall–Kier alpha value is -2.90. The normalized spacial score (nSPS) is 18.6. The van der Waals surface area contributed by atoms with Gasteiger partial charge in [0.05, 0.1) is 12.7 Å². The number of nitrogens with zero attached hydrogens (tertiary/aromatic N) is 2. The van der Waals surface area contributed by atoms with Crippen molar-refractivity contribution < 1.29 is 23.7 Å². The van der Waals surface area contributed by atoms with Crippen molar-refractivity contribution in [3.63, 3.8) is 0 Å². The molecule has 2 heterocycles. The van der Waals surface area contributed by atoms with Crippen LogP contribution in [-0.2, 0) is 21.9 Å². The smallest absolute Gasteiger partial charge is 0.329 e. The van der Waals surface area contributed by atoms with Crippen LogP contribution in [0.15, 0.2) is 48.5 Å². The van der Waals surface area contributed by atoms with Crippen molar-refractivity contribution in [2.24, 2.45) is 0 Å². The zero-order valence-electron chi connectivity index (χ0n) is 16.0. The SMILES string of the molecule is CCOc1ccc(C2(OC(C)C)OCc3c2[n+]([O-])c2ccccc2[n+]3[O-])cc1. The first-order valence-electron chi connectivity index (χ1n) is 9.30. The molecule has 0 saturated carbocycles. The van der Waals surface area contributed by atoms with Crippen LogP contribution in [0.5, 0.6) is 5.75 Å². The number of hydrogen-bond donors (Lipinski definition) is 0. The van der Waals surface area contributed by atoms with Crippen molar-refractivity contribution in [1.82, 2.24) is 0 Å². The summed E-state index contributed by atoms with van der Waals surface area (Å²) in [6, 6.07) is 13.9. The lowest BCUT2D eigenvalue weighted by Crippen LogP contribution is -2.50. The second-order valence-corrected chi connectivity index (χ2v) is 6.90. The summed E-state index contributed by atoms with van der Waals surface area (Å²) in [6.07, 6.45) is -0.246. The molecule has 0 aliphatic carbocycles. The molecule has 1 unspecified atom stereocenters. The summed E-state index contributed by atoms with van der Waals surface area (Å²) in [4.78, 5) is 0. The first-order valence-corrected chi connectivity index (χ1v) is 9.30. The number of ether oxygens (including phenoxy) is 3. The predicted octanol–water partition coefficient (Wildman–Crippen LogP) is 2.66. The van der Waals surface area contributed by atoms with Gasteiger partial charge in [0.25, 0.3) is 22.5 Å². The minimum atomic E-state index is -1.47. The van der Waals surface area contributed by atoms with Crippen molar-refractivity contribution in [2.75, 3.05) is 6.61 Å². The van der Waals surface area contributed by atoms with Gasteiger partial charge in [-0.05, 0) is 45.0 Å². The van der Waals surface area contributed by atoms with E-state index in [0.29, 0.717) is 23.4 Å². The Balaban J connectivity index is 1.96. The summed E-state index contributed by atoms with van der Waals surface area (Å²) in [5.41, 5.74) is 1.61. The molecular formula is C21H22N2O5. The van der Waals surface area contributed by atoms with E-state index in [-0.39, 0.29) is 29.6 Å². The molecule has 0 N–H and O–H groups in total. The lowest BCUT2D eigenvalue weighted by molar-refractivity contribution is -0.643. The molecule has 0 radical (unpaired) electrons. The van der Waals surface area contributed by atoms with Crippen LogP contribution < -0.4 is 14.2 Å². The maximum atomic E-state index is 13.3. The van der Waals surface area contributed by atoms with Gasteiger partial charge in [0.1, 0.15) is 12.4 Å². The summed E-state index contributed by atoms with van der Waals surface area (Å²) < 4.78 is 19.2. The van der Waals surface area contributed by atoms with Crippen molar-refractivity contribution in [2.45, 2.75) is 39.3 Å². The highest BCUT2D eigenvalue weighted by molar-refractivity contribution is 5.67. The van der Waals surface area contributed by atoms with Crippen LogP contribution in [0.4, 0.5) is 0 Å². The Morgan fingerprint density at radius 2 is 1.68 bits per heavy atom. The number of hydrogen-bond acceptors (Lipinski definition) is 5. The van der Waals surface area contributed by atoms with E-state index in [4.69, 9.17) is 14.2 Å². The summed E-state index contributed by atoms with van der Waals surface area (Å²) in [7, 11) is 0. The molecule has 0 bridgehead atoms. The summed E-state index contributed by atoms with van der Waals surface area (Å²) in [5.74, 6) is -0.761. The standard InChI is InChI=1S/C21H22N2O5/c1-4-26-16-11-9-15(10-12-16)21(28-14(2)3)20-19(13-27-21)22(24)17-7-5-6-8-18(17)23(20)25/h5-12,14H,4,13H2,1-3H3. The molecule has 0 saturated heterocycles. The molecule has 7 nitrogen and oxygen atoms in total. The highest BCUT2D eigenvalue weighted by Crippen LogP contribution is 2.42. The van der Waals surface area contributed by atoms with Gasteiger partial charge in [-0.1, -0.05) is 12.1 Å². The van der Waals surface area contributed by atoms with E-state index >= 15 is 0 Å². The van der Waals surface area contributed by atoms with E-state index in [1.165, 1.54) is 0 Å². The lowest BCUT2D eigenvalue weighted by Gasteiger charge is -2.29. The second kappa shape index (κ2) is 6.92. The highest BCUT2D eigenvalue weighted by Gasteiger charge is 2.56. The average molecular weight is 382 g/mol. The largest absolute Gasteiger partial charge is 0.618 e. The zero-order valence-corrected chi connectivity index (χ0v) is 16.0. The average Bonchev–Trinajstić information content (AvgIpc) is 3.07.